The summed E-state index contributed by atoms with van der Waals surface area (Å²) in [5.41, 5.74) is 1.97. The molecule has 1 fully saturated rings. The van der Waals surface area contributed by atoms with Crippen LogP contribution in [0, 0.1) is 5.92 Å². The number of carbonyl (C=O) groups is 1. The van der Waals surface area contributed by atoms with E-state index in [1.54, 1.807) is 13.0 Å². The number of anilines is 1. The van der Waals surface area contributed by atoms with Crippen molar-refractivity contribution >= 4 is 11.6 Å². The molecule has 2 aliphatic rings. The third kappa shape index (κ3) is 3.13. The van der Waals surface area contributed by atoms with Crippen molar-refractivity contribution in [2.24, 2.45) is 5.92 Å². The van der Waals surface area contributed by atoms with Crippen LogP contribution in [-0.2, 0) is 19.1 Å². The smallest absolute Gasteiger partial charge is 0.304 e. The Kier molecular flexibility index (Phi) is 4.28. The van der Waals surface area contributed by atoms with Gasteiger partial charge in [0.15, 0.2) is 0 Å². The van der Waals surface area contributed by atoms with Crippen LogP contribution >= 0.6 is 0 Å². The topological polar surface area (TPSA) is 20.3 Å². The van der Waals surface area contributed by atoms with Crippen LogP contribution in [0.3, 0.4) is 0 Å². The maximum atomic E-state index is 13.5. The Morgan fingerprint density at radius 1 is 1.15 bits per heavy atom. The molecule has 4 rings (SSSR count). The van der Waals surface area contributed by atoms with Gasteiger partial charge in [0.1, 0.15) is 0 Å². The van der Waals surface area contributed by atoms with Crippen molar-refractivity contribution in [3.05, 3.63) is 64.2 Å². The molecule has 5 heteroatoms. The molecule has 1 saturated carbocycles. The highest BCUT2D eigenvalue weighted by atomic mass is 19.4. The Labute approximate surface area is 157 Å². The van der Waals surface area contributed by atoms with E-state index < -0.39 is 11.7 Å². The van der Waals surface area contributed by atoms with Crippen LogP contribution in [-0.4, -0.2) is 5.91 Å². The van der Waals surface area contributed by atoms with Crippen molar-refractivity contribution < 1.29 is 18.0 Å². The first-order valence-electron chi connectivity index (χ1n) is 9.42. The summed E-state index contributed by atoms with van der Waals surface area (Å²) in [7, 11) is 0. The van der Waals surface area contributed by atoms with Crippen molar-refractivity contribution in [2.45, 2.75) is 51.7 Å². The number of benzene rings is 2. The normalized spacial score (nSPS) is 22.0. The second-order valence-electron chi connectivity index (χ2n) is 7.78. The van der Waals surface area contributed by atoms with Gasteiger partial charge in [-0.15, -0.1) is 0 Å². The number of carbonyl (C=O) groups excluding carboxylic acids is 1. The van der Waals surface area contributed by atoms with Crippen molar-refractivity contribution in [2.75, 3.05) is 4.90 Å². The van der Waals surface area contributed by atoms with Crippen molar-refractivity contribution in [1.29, 1.82) is 0 Å². The van der Waals surface area contributed by atoms with Gasteiger partial charge in [-0.25, -0.2) is 0 Å². The molecule has 0 radical (unpaired) electrons. The van der Waals surface area contributed by atoms with E-state index in [0.717, 1.165) is 12.8 Å². The molecular formula is C22H22F3NO. The Hall–Kier alpha value is -2.30. The zero-order chi connectivity index (χ0) is 19.3. The zero-order valence-electron chi connectivity index (χ0n) is 15.4. The fourth-order valence-corrected chi connectivity index (χ4v) is 4.25. The van der Waals surface area contributed by atoms with Crippen molar-refractivity contribution in [3.8, 4) is 0 Å². The van der Waals surface area contributed by atoms with Gasteiger partial charge in [-0.05, 0) is 72.1 Å². The van der Waals surface area contributed by atoms with E-state index in [2.05, 4.69) is 6.92 Å². The van der Waals surface area contributed by atoms with E-state index in [1.165, 1.54) is 16.5 Å². The van der Waals surface area contributed by atoms with Crippen LogP contribution in [0.2, 0.25) is 0 Å². The monoisotopic (exact) mass is 373 g/mol. The van der Waals surface area contributed by atoms with Gasteiger partial charge in [0.05, 0.1) is 12.1 Å². The highest BCUT2D eigenvalue weighted by Gasteiger charge is 2.40. The lowest BCUT2D eigenvalue weighted by atomic mass is 9.72. The van der Waals surface area contributed by atoms with Crippen LogP contribution in [0.15, 0.2) is 36.4 Å². The molecule has 1 amide bonds. The van der Waals surface area contributed by atoms with Gasteiger partial charge in [-0.3, -0.25) is 4.79 Å². The van der Waals surface area contributed by atoms with Crippen LogP contribution in [0.25, 0.3) is 0 Å². The largest absolute Gasteiger partial charge is 0.416 e. The van der Waals surface area contributed by atoms with Crippen molar-refractivity contribution in [1.82, 2.24) is 0 Å². The number of aryl methyl sites for hydroxylation is 1. The lowest BCUT2D eigenvalue weighted by Crippen LogP contribution is -2.24. The minimum absolute atomic E-state index is 0.0302. The van der Waals surface area contributed by atoms with Gasteiger partial charge >= 0.3 is 6.18 Å². The molecule has 2 aromatic carbocycles. The third-order valence-electron chi connectivity index (χ3n) is 5.84. The first kappa shape index (κ1) is 18.1. The molecular weight excluding hydrogens is 351 g/mol. The van der Waals surface area contributed by atoms with Crippen LogP contribution < -0.4 is 4.90 Å². The maximum Gasteiger partial charge on any atom is 0.416 e. The van der Waals surface area contributed by atoms with E-state index >= 15 is 0 Å². The van der Waals surface area contributed by atoms with Crippen LogP contribution in [0.1, 0.15) is 65.2 Å². The number of alkyl halides is 3. The van der Waals surface area contributed by atoms with Gasteiger partial charge in [0, 0.05) is 11.3 Å². The SMILES string of the molecule is CCc1cc2c(c(C(F)(F)F)c1)CN(c1cccc(C3CC(C)C3)c1)C2=O. The molecule has 0 spiro atoms. The minimum atomic E-state index is -4.46. The molecule has 0 N–H and O–H groups in total. The van der Waals surface area contributed by atoms with Gasteiger partial charge in [-0.1, -0.05) is 26.0 Å². The van der Waals surface area contributed by atoms with Gasteiger partial charge in [0.2, 0.25) is 0 Å². The maximum absolute atomic E-state index is 13.5. The first-order valence-corrected chi connectivity index (χ1v) is 9.42. The molecule has 0 unspecified atom stereocenters. The predicted molar refractivity (Wildman–Crippen MR) is 98.9 cm³/mol. The molecule has 0 saturated heterocycles. The Morgan fingerprint density at radius 2 is 1.89 bits per heavy atom. The molecule has 27 heavy (non-hydrogen) atoms. The number of halogens is 3. The molecule has 1 heterocycles. The van der Waals surface area contributed by atoms with E-state index in [1.807, 2.05) is 24.3 Å². The molecule has 0 atom stereocenters. The Bertz CT molecular complexity index is 897. The average molecular weight is 373 g/mol. The van der Waals surface area contributed by atoms with E-state index in [9.17, 15) is 18.0 Å². The van der Waals surface area contributed by atoms with Crippen LogP contribution in [0.4, 0.5) is 18.9 Å². The lowest BCUT2D eigenvalue weighted by Gasteiger charge is -2.33. The summed E-state index contributed by atoms with van der Waals surface area (Å²) in [5.74, 6) is 0.848. The number of hydrogen-bond donors (Lipinski definition) is 0. The quantitative estimate of drug-likeness (QED) is 0.652. The molecule has 0 aromatic heterocycles. The summed E-state index contributed by atoms with van der Waals surface area (Å²) in [6.45, 7) is 3.98. The van der Waals surface area contributed by atoms with Gasteiger partial charge < -0.3 is 4.90 Å². The van der Waals surface area contributed by atoms with E-state index in [-0.39, 0.29) is 23.6 Å². The second-order valence-corrected chi connectivity index (χ2v) is 7.78. The van der Waals surface area contributed by atoms with E-state index in [0.29, 0.717) is 29.5 Å². The summed E-state index contributed by atoms with van der Waals surface area (Å²) in [5, 5.41) is 0. The molecule has 2 nitrogen and oxygen atoms in total. The summed E-state index contributed by atoms with van der Waals surface area (Å²) in [4.78, 5) is 14.4. The summed E-state index contributed by atoms with van der Waals surface area (Å²) < 4.78 is 40.6. The number of amides is 1. The molecule has 1 aliphatic carbocycles. The summed E-state index contributed by atoms with van der Waals surface area (Å²) in [6, 6.07) is 10.5. The van der Waals surface area contributed by atoms with Gasteiger partial charge in [-0.2, -0.15) is 13.2 Å². The summed E-state index contributed by atoms with van der Waals surface area (Å²) >= 11 is 0. The third-order valence-corrected chi connectivity index (χ3v) is 5.84. The molecule has 1 aliphatic heterocycles. The lowest BCUT2D eigenvalue weighted by molar-refractivity contribution is -0.138. The number of fused-ring (bicyclic) bond motifs is 1. The molecule has 142 valence electrons. The number of rotatable bonds is 3. The summed E-state index contributed by atoms with van der Waals surface area (Å²) in [6.07, 6.45) is -1.76. The highest BCUT2D eigenvalue weighted by Crippen LogP contribution is 2.43. The van der Waals surface area contributed by atoms with Crippen LogP contribution in [0.5, 0.6) is 0 Å². The second kappa shape index (κ2) is 6.39. The minimum Gasteiger partial charge on any atom is -0.304 e. The Balaban J connectivity index is 1.71. The fraction of sp³-hybridized carbons (Fsp3) is 0.409. The standard InChI is InChI=1S/C22H22F3NO/c1-3-14-9-18-19(20(10-14)22(23,24)25)12-26(21(18)27)17-6-4-5-15(11-17)16-7-13(2)8-16/h4-6,9-11,13,16H,3,7-8,12H2,1-2H3. The molecule has 0 bridgehead atoms. The predicted octanol–water partition coefficient (Wildman–Crippen LogP) is 5.94. The average Bonchev–Trinajstić information content (AvgIpc) is 2.94. The highest BCUT2D eigenvalue weighted by molar-refractivity contribution is 6.10. The zero-order valence-corrected chi connectivity index (χ0v) is 15.4. The van der Waals surface area contributed by atoms with Crippen molar-refractivity contribution in [3.63, 3.8) is 0 Å². The first-order chi connectivity index (χ1) is 12.8. The number of hydrogen-bond acceptors (Lipinski definition) is 1. The molecule has 2 aromatic rings. The van der Waals surface area contributed by atoms with Gasteiger partial charge in [0.25, 0.3) is 5.91 Å². The number of nitrogens with zero attached hydrogens (tertiary/aromatic N) is 1. The Morgan fingerprint density at radius 3 is 2.52 bits per heavy atom. The fourth-order valence-electron chi connectivity index (χ4n) is 4.25. The van der Waals surface area contributed by atoms with E-state index in [4.69, 9.17) is 0 Å².